The number of nitrogens with zero attached hydrogens (tertiary/aromatic N) is 1. The minimum Gasteiger partial charge on any atom is -0.459 e. The maximum Gasteiger partial charge on any atom is 0.411 e. The first kappa shape index (κ1) is 16.7. The van der Waals surface area contributed by atoms with Crippen molar-refractivity contribution in [1.82, 2.24) is 4.90 Å². The molecule has 0 N–H and O–H groups in total. The average Bonchev–Trinajstić information content (AvgIpc) is 2.92. The summed E-state index contributed by atoms with van der Waals surface area (Å²) < 4.78 is 10.7. The fraction of sp³-hybridized carbons (Fsp3) is 0.500. The Labute approximate surface area is 135 Å². The number of amides is 1. The number of hydrogen-bond donors (Lipinski definition) is 0. The molecule has 1 aromatic rings. The first-order valence-electron chi connectivity index (χ1n) is 7.20. The molecule has 0 aliphatic carbocycles. The lowest BCUT2D eigenvalue weighted by atomic mass is 10.2. The highest BCUT2D eigenvalue weighted by atomic mass is 32.2. The van der Waals surface area contributed by atoms with E-state index in [1.165, 1.54) is 0 Å². The van der Waals surface area contributed by atoms with Gasteiger partial charge in [0.1, 0.15) is 17.6 Å². The summed E-state index contributed by atoms with van der Waals surface area (Å²) in [5, 5.41) is -0.192. The van der Waals surface area contributed by atoms with E-state index in [1.807, 2.05) is 26.8 Å². The second kappa shape index (κ2) is 7.05. The van der Waals surface area contributed by atoms with Gasteiger partial charge in [0.15, 0.2) is 0 Å². The van der Waals surface area contributed by atoms with Crippen LogP contribution in [0.15, 0.2) is 30.3 Å². The second-order valence-corrected chi connectivity index (χ2v) is 7.25. The van der Waals surface area contributed by atoms with Crippen LogP contribution in [0.4, 0.5) is 4.79 Å². The summed E-state index contributed by atoms with van der Waals surface area (Å²) in [6.07, 6.45) is -0.363. The van der Waals surface area contributed by atoms with Crippen LogP contribution in [0.25, 0.3) is 0 Å². The number of esters is 1. The Morgan fingerprint density at radius 1 is 1.27 bits per heavy atom. The van der Waals surface area contributed by atoms with Gasteiger partial charge in [-0.05, 0) is 32.9 Å². The van der Waals surface area contributed by atoms with Crippen molar-refractivity contribution in [2.24, 2.45) is 0 Å². The fourth-order valence-corrected chi connectivity index (χ4v) is 3.10. The van der Waals surface area contributed by atoms with Crippen LogP contribution in [0, 0.1) is 0 Å². The van der Waals surface area contributed by atoms with Gasteiger partial charge in [0.25, 0.3) is 0 Å². The van der Waals surface area contributed by atoms with Gasteiger partial charge in [0.2, 0.25) is 0 Å². The fourth-order valence-electron chi connectivity index (χ4n) is 1.99. The van der Waals surface area contributed by atoms with E-state index in [0.717, 1.165) is 5.75 Å². The van der Waals surface area contributed by atoms with Crippen molar-refractivity contribution < 1.29 is 19.1 Å². The first-order chi connectivity index (χ1) is 10.4. The zero-order valence-electron chi connectivity index (χ0n) is 13.1. The Kier molecular flexibility index (Phi) is 5.34. The van der Waals surface area contributed by atoms with Crippen molar-refractivity contribution in [3.05, 3.63) is 35.9 Å². The van der Waals surface area contributed by atoms with Crippen molar-refractivity contribution in [2.75, 3.05) is 18.9 Å². The molecule has 1 saturated heterocycles. The third-order valence-corrected chi connectivity index (χ3v) is 4.18. The summed E-state index contributed by atoms with van der Waals surface area (Å²) >= 11 is 1.59. The van der Waals surface area contributed by atoms with Gasteiger partial charge in [-0.3, -0.25) is 4.90 Å². The summed E-state index contributed by atoms with van der Waals surface area (Å²) in [4.78, 5) is 25.7. The van der Waals surface area contributed by atoms with Gasteiger partial charge in [-0.1, -0.05) is 18.2 Å². The molecular weight excluding hydrogens is 302 g/mol. The van der Waals surface area contributed by atoms with Gasteiger partial charge in [0, 0.05) is 12.3 Å². The third kappa shape index (κ3) is 4.66. The van der Waals surface area contributed by atoms with E-state index < -0.39 is 5.60 Å². The molecule has 1 aliphatic heterocycles. The molecule has 0 saturated carbocycles. The molecule has 0 radical (unpaired) electrons. The molecule has 1 heterocycles. The molecule has 1 amide bonds. The van der Waals surface area contributed by atoms with Crippen LogP contribution in [0.2, 0.25) is 0 Å². The van der Waals surface area contributed by atoms with Crippen molar-refractivity contribution >= 4 is 23.8 Å². The highest BCUT2D eigenvalue weighted by molar-refractivity contribution is 8.00. The van der Waals surface area contributed by atoms with Crippen LogP contribution in [0.3, 0.4) is 0 Å². The predicted molar refractivity (Wildman–Crippen MR) is 85.9 cm³/mol. The molecule has 1 unspecified atom stereocenters. The number of hydrogen-bond acceptors (Lipinski definition) is 5. The summed E-state index contributed by atoms with van der Waals surface area (Å²) in [5.41, 5.74) is -0.0235. The van der Waals surface area contributed by atoms with Gasteiger partial charge in [-0.25, -0.2) is 9.59 Å². The van der Waals surface area contributed by atoms with E-state index in [0.29, 0.717) is 12.1 Å². The highest BCUT2D eigenvalue weighted by Crippen LogP contribution is 2.26. The SMILES string of the molecule is CC(C)(C)OC(=O)N1CCSC1COC(=O)c1ccccc1. The number of rotatable bonds is 3. The summed E-state index contributed by atoms with van der Waals surface area (Å²) in [5.74, 6) is 0.435. The molecule has 1 fully saturated rings. The number of benzene rings is 1. The molecule has 1 aliphatic rings. The Morgan fingerprint density at radius 2 is 1.95 bits per heavy atom. The van der Waals surface area contributed by atoms with Gasteiger partial charge in [0.05, 0.1) is 5.56 Å². The van der Waals surface area contributed by atoms with E-state index in [4.69, 9.17) is 9.47 Å². The van der Waals surface area contributed by atoms with Crippen molar-refractivity contribution in [3.8, 4) is 0 Å². The molecule has 1 atom stereocenters. The topological polar surface area (TPSA) is 55.8 Å². The van der Waals surface area contributed by atoms with E-state index in [2.05, 4.69) is 0 Å². The number of carbonyl (C=O) groups is 2. The quantitative estimate of drug-likeness (QED) is 0.800. The molecule has 120 valence electrons. The maximum atomic E-state index is 12.1. The monoisotopic (exact) mass is 323 g/mol. The van der Waals surface area contributed by atoms with Crippen LogP contribution < -0.4 is 0 Å². The van der Waals surface area contributed by atoms with E-state index in [9.17, 15) is 9.59 Å². The highest BCUT2D eigenvalue weighted by Gasteiger charge is 2.33. The van der Waals surface area contributed by atoms with Crippen LogP contribution in [-0.4, -0.2) is 46.8 Å². The van der Waals surface area contributed by atoms with Crippen LogP contribution >= 0.6 is 11.8 Å². The number of thioether (sulfide) groups is 1. The number of ether oxygens (including phenoxy) is 2. The van der Waals surface area contributed by atoms with Gasteiger partial charge in [-0.15, -0.1) is 11.8 Å². The van der Waals surface area contributed by atoms with Crippen molar-refractivity contribution in [1.29, 1.82) is 0 Å². The predicted octanol–water partition coefficient (Wildman–Crippen LogP) is 3.15. The summed E-state index contributed by atoms with van der Waals surface area (Å²) in [7, 11) is 0. The van der Waals surface area contributed by atoms with Crippen LogP contribution in [0.1, 0.15) is 31.1 Å². The Balaban J connectivity index is 1.89. The number of carbonyl (C=O) groups excluding carboxylic acids is 2. The molecule has 0 bridgehead atoms. The van der Waals surface area contributed by atoms with Crippen LogP contribution in [0.5, 0.6) is 0 Å². The molecule has 0 aromatic heterocycles. The standard InChI is InChI=1S/C16H21NO4S/c1-16(2,3)21-15(19)17-9-10-22-13(17)11-20-14(18)12-7-5-4-6-8-12/h4-8,13H,9-11H2,1-3H3. The Morgan fingerprint density at radius 3 is 2.59 bits per heavy atom. The molecular formula is C16H21NO4S. The minimum atomic E-state index is -0.532. The van der Waals surface area contributed by atoms with E-state index >= 15 is 0 Å². The van der Waals surface area contributed by atoms with E-state index in [-0.39, 0.29) is 24.0 Å². The van der Waals surface area contributed by atoms with Crippen LogP contribution in [-0.2, 0) is 9.47 Å². The molecule has 5 nitrogen and oxygen atoms in total. The lowest BCUT2D eigenvalue weighted by molar-refractivity contribution is 0.0161. The zero-order valence-corrected chi connectivity index (χ0v) is 13.9. The van der Waals surface area contributed by atoms with Gasteiger partial charge < -0.3 is 9.47 Å². The molecule has 22 heavy (non-hydrogen) atoms. The molecule has 6 heteroatoms. The maximum absolute atomic E-state index is 12.1. The second-order valence-electron chi connectivity index (χ2n) is 5.96. The van der Waals surface area contributed by atoms with E-state index in [1.54, 1.807) is 40.9 Å². The zero-order chi connectivity index (χ0) is 16.2. The van der Waals surface area contributed by atoms with Gasteiger partial charge >= 0.3 is 12.1 Å². The Hall–Kier alpha value is -1.69. The van der Waals surface area contributed by atoms with Crippen molar-refractivity contribution in [2.45, 2.75) is 31.7 Å². The lowest BCUT2D eigenvalue weighted by Crippen LogP contribution is -2.41. The van der Waals surface area contributed by atoms with Crippen molar-refractivity contribution in [3.63, 3.8) is 0 Å². The summed E-state index contributed by atoms with van der Waals surface area (Å²) in [6, 6.07) is 8.82. The van der Waals surface area contributed by atoms with Gasteiger partial charge in [-0.2, -0.15) is 0 Å². The first-order valence-corrected chi connectivity index (χ1v) is 8.25. The molecule has 0 spiro atoms. The largest absolute Gasteiger partial charge is 0.459 e. The molecule has 1 aromatic carbocycles. The smallest absolute Gasteiger partial charge is 0.411 e. The lowest BCUT2D eigenvalue weighted by Gasteiger charge is -2.27. The molecule has 2 rings (SSSR count). The summed E-state index contributed by atoms with van der Waals surface area (Å²) in [6.45, 7) is 6.26. The normalized spacial score (nSPS) is 18.1. The Bertz CT molecular complexity index is 527. The minimum absolute atomic E-state index is 0.164. The average molecular weight is 323 g/mol. The third-order valence-electron chi connectivity index (χ3n) is 2.98.